The summed E-state index contributed by atoms with van der Waals surface area (Å²) in [6.45, 7) is 5.73. The van der Waals surface area contributed by atoms with Crippen LogP contribution in [-0.2, 0) is 9.59 Å². The first-order valence-corrected chi connectivity index (χ1v) is 6.68. The molecule has 0 aliphatic carbocycles. The molecule has 0 aliphatic rings. The van der Waals surface area contributed by atoms with Crippen molar-refractivity contribution >= 4 is 29.9 Å². The minimum absolute atomic E-state index is 0. The van der Waals surface area contributed by atoms with E-state index in [1.54, 1.807) is 7.05 Å². The fraction of sp³-hybridized carbons (Fsp3) is 0.467. The van der Waals surface area contributed by atoms with Gasteiger partial charge in [-0.15, -0.1) is 12.4 Å². The molecule has 1 rings (SSSR count). The van der Waals surface area contributed by atoms with Gasteiger partial charge in [-0.2, -0.15) is 0 Å². The quantitative estimate of drug-likeness (QED) is 0.870. The zero-order chi connectivity index (χ0) is 15.3. The molecule has 21 heavy (non-hydrogen) atoms. The number of amides is 2. The van der Waals surface area contributed by atoms with Crippen molar-refractivity contribution in [2.75, 3.05) is 18.9 Å². The van der Waals surface area contributed by atoms with Crippen LogP contribution in [0.25, 0.3) is 0 Å². The minimum Gasteiger partial charge on any atom is -0.335 e. The van der Waals surface area contributed by atoms with E-state index >= 15 is 0 Å². The second kappa shape index (κ2) is 8.64. The average molecular weight is 314 g/mol. The summed E-state index contributed by atoms with van der Waals surface area (Å²) in [4.78, 5) is 25.2. The maximum Gasteiger partial charge on any atom is 0.243 e. The number of anilines is 1. The molecule has 0 saturated heterocycles. The Bertz CT molecular complexity index is 474. The largest absolute Gasteiger partial charge is 0.335 e. The summed E-state index contributed by atoms with van der Waals surface area (Å²) in [7, 11) is 1.58. The van der Waals surface area contributed by atoms with Crippen molar-refractivity contribution < 1.29 is 9.59 Å². The smallest absolute Gasteiger partial charge is 0.243 e. The first-order valence-electron chi connectivity index (χ1n) is 6.68. The molecule has 2 amide bonds. The maximum absolute atomic E-state index is 11.9. The van der Waals surface area contributed by atoms with Crippen LogP contribution in [0.1, 0.15) is 19.4 Å². The van der Waals surface area contributed by atoms with E-state index in [9.17, 15) is 9.59 Å². The summed E-state index contributed by atoms with van der Waals surface area (Å²) in [6.07, 6.45) is 0. The van der Waals surface area contributed by atoms with Gasteiger partial charge in [-0.1, -0.05) is 31.5 Å². The molecule has 6 heteroatoms. The van der Waals surface area contributed by atoms with Gasteiger partial charge in [0.2, 0.25) is 11.8 Å². The van der Waals surface area contributed by atoms with Crippen LogP contribution in [0.2, 0.25) is 0 Å². The van der Waals surface area contributed by atoms with Crippen molar-refractivity contribution in [3.8, 4) is 0 Å². The van der Waals surface area contributed by atoms with Gasteiger partial charge in [0.15, 0.2) is 0 Å². The number of carbonyl (C=O) groups excluding carboxylic acids is 2. The highest BCUT2D eigenvalue weighted by molar-refractivity contribution is 5.95. The number of rotatable bonds is 5. The summed E-state index contributed by atoms with van der Waals surface area (Å²) in [5.74, 6) is -0.412. The zero-order valence-electron chi connectivity index (χ0n) is 12.9. The van der Waals surface area contributed by atoms with Crippen molar-refractivity contribution in [3.05, 3.63) is 29.8 Å². The standard InChI is InChI=1S/C15H23N3O2.ClH/c1-10(2)14(16)15(20)18(4)9-13(19)17-12-7-5-11(3)6-8-12;/h5-8,10,14H,9,16H2,1-4H3,(H,17,19);1H/t14-;/m0./s1. The number of aryl methyl sites for hydroxylation is 1. The number of benzene rings is 1. The highest BCUT2D eigenvalue weighted by Gasteiger charge is 2.22. The Labute approximate surface area is 132 Å². The summed E-state index contributed by atoms with van der Waals surface area (Å²) < 4.78 is 0. The molecular weight excluding hydrogens is 290 g/mol. The van der Waals surface area contributed by atoms with E-state index in [4.69, 9.17) is 5.73 Å². The van der Waals surface area contributed by atoms with Crippen LogP contribution in [0.3, 0.4) is 0 Å². The summed E-state index contributed by atoms with van der Waals surface area (Å²) in [5, 5.41) is 2.75. The van der Waals surface area contributed by atoms with E-state index in [0.717, 1.165) is 11.3 Å². The fourth-order valence-corrected chi connectivity index (χ4v) is 1.67. The lowest BCUT2D eigenvalue weighted by Gasteiger charge is -2.22. The second-order valence-corrected chi connectivity index (χ2v) is 5.38. The highest BCUT2D eigenvalue weighted by Crippen LogP contribution is 2.08. The molecule has 0 spiro atoms. The predicted octanol–water partition coefficient (Wildman–Crippen LogP) is 1.80. The van der Waals surface area contributed by atoms with E-state index in [1.165, 1.54) is 4.90 Å². The normalized spacial score (nSPS) is 11.5. The topological polar surface area (TPSA) is 75.4 Å². The van der Waals surface area contributed by atoms with Crippen LogP contribution in [0.15, 0.2) is 24.3 Å². The third kappa shape index (κ3) is 6.14. The number of hydrogen-bond acceptors (Lipinski definition) is 3. The number of nitrogens with two attached hydrogens (primary N) is 1. The van der Waals surface area contributed by atoms with E-state index in [2.05, 4.69) is 5.32 Å². The molecule has 118 valence electrons. The first kappa shape index (κ1) is 19.4. The second-order valence-electron chi connectivity index (χ2n) is 5.38. The summed E-state index contributed by atoms with van der Waals surface area (Å²) >= 11 is 0. The SMILES string of the molecule is Cc1ccc(NC(=O)CN(C)C(=O)[C@@H](N)C(C)C)cc1.Cl. The molecule has 5 nitrogen and oxygen atoms in total. The Morgan fingerprint density at radius 1 is 1.24 bits per heavy atom. The molecule has 0 unspecified atom stereocenters. The lowest BCUT2D eigenvalue weighted by Crippen LogP contribution is -2.47. The van der Waals surface area contributed by atoms with Gasteiger partial charge in [0.25, 0.3) is 0 Å². The van der Waals surface area contributed by atoms with E-state index in [-0.39, 0.29) is 36.7 Å². The molecule has 0 aliphatic heterocycles. The van der Waals surface area contributed by atoms with Crippen LogP contribution in [-0.4, -0.2) is 36.3 Å². The molecule has 0 saturated carbocycles. The Balaban J connectivity index is 0.00000400. The van der Waals surface area contributed by atoms with Gasteiger partial charge in [-0.3, -0.25) is 9.59 Å². The van der Waals surface area contributed by atoms with Crippen LogP contribution < -0.4 is 11.1 Å². The van der Waals surface area contributed by atoms with Gasteiger partial charge in [0, 0.05) is 12.7 Å². The summed E-state index contributed by atoms with van der Waals surface area (Å²) in [5.41, 5.74) is 7.62. The average Bonchev–Trinajstić information content (AvgIpc) is 2.39. The molecule has 1 aromatic carbocycles. The van der Waals surface area contributed by atoms with Gasteiger partial charge < -0.3 is 16.0 Å². The van der Waals surface area contributed by atoms with Gasteiger partial charge in [-0.05, 0) is 25.0 Å². The Hall–Kier alpha value is -1.59. The molecule has 0 bridgehead atoms. The highest BCUT2D eigenvalue weighted by atomic mass is 35.5. The van der Waals surface area contributed by atoms with E-state index < -0.39 is 6.04 Å². The third-order valence-electron chi connectivity index (χ3n) is 3.10. The van der Waals surface area contributed by atoms with Gasteiger partial charge in [0.05, 0.1) is 12.6 Å². The number of likely N-dealkylation sites (N-methyl/N-ethyl adjacent to an activating group) is 1. The molecular formula is C15H24ClN3O2. The lowest BCUT2D eigenvalue weighted by atomic mass is 10.0. The molecule has 1 atom stereocenters. The van der Waals surface area contributed by atoms with Crippen molar-refractivity contribution in [1.82, 2.24) is 4.90 Å². The van der Waals surface area contributed by atoms with Crippen molar-refractivity contribution in [2.45, 2.75) is 26.8 Å². The van der Waals surface area contributed by atoms with Crippen molar-refractivity contribution in [3.63, 3.8) is 0 Å². The Morgan fingerprint density at radius 3 is 2.24 bits per heavy atom. The molecule has 0 aromatic heterocycles. The predicted molar refractivity (Wildman–Crippen MR) is 87.5 cm³/mol. The lowest BCUT2D eigenvalue weighted by molar-refractivity contribution is -0.135. The fourth-order valence-electron chi connectivity index (χ4n) is 1.67. The monoisotopic (exact) mass is 313 g/mol. The molecule has 0 radical (unpaired) electrons. The van der Waals surface area contributed by atoms with Crippen LogP contribution in [0, 0.1) is 12.8 Å². The molecule has 0 fully saturated rings. The van der Waals surface area contributed by atoms with Crippen LogP contribution >= 0.6 is 12.4 Å². The third-order valence-corrected chi connectivity index (χ3v) is 3.10. The maximum atomic E-state index is 11.9. The van der Waals surface area contributed by atoms with Gasteiger partial charge in [0.1, 0.15) is 0 Å². The van der Waals surface area contributed by atoms with Crippen LogP contribution in [0.5, 0.6) is 0 Å². The summed E-state index contributed by atoms with van der Waals surface area (Å²) in [6, 6.07) is 6.91. The number of nitrogens with zero attached hydrogens (tertiary/aromatic N) is 1. The zero-order valence-corrected chi connectivity index (χ0v) is 13.7. The van der Waals surface area contributed by atoms with Crippen molar-refractivity contribution in [1.29, 1.82) is 0 Å². The van der Waals surface area contributed by atoms with Crippen LogP contribution in [0.4, 0.5) is 5.69 Å². The Morgan fingerprint density at radius 2 is 1.76 bits per heavy atom. The molecule has 0 heterocycles. The van der Waals surface area contributed by atoms with E-state index in [0.29, 0.717) is 0 Å². The molecule has 3 N–H and O–H groups in total. The van der Waals surface area contributed by atoms with Gasteiger partial charge >= 0.3 is 0 Å². The molecule has 1 aromatic rings. The number of halogens is 1. The van der Waals surface area contributed by atoms with Crippen molar-refractivity contribution in [2.24, 2.45) is 11.7 Å². The van der Waals surface area contributed by atoms with E-state index in [1.807, 2.05) is 45.0 Å². The van der Waals surface area contributed by atoms with Gasteiger partial charge in [-0.25, -0.2) is 0 Å². The number of carbonyl (C=O) groups is 2. The first-order chi connectivity index (χ1) is 9.31. The minimum atomic E-state index is -0.577. The Kier molecular flexibility index (Phi) is 7.99. The number of hydrogen-bond donors (Lipinski definition) is 2. The number of nitrogens with one attached hydrogen (secondary N) is 1.